The molecule has 1 aliphatic heterocycles. The second-order valence-corrected chi connectivity index (χ2v) is 11.3. The van der Waals surface area contributed by atoms with Crippen molar-refractivity contribution in [2.45, 2.75) is 38.9 Å². The third kappa shape index (κ3) is 3.49. The van der Waals surface area contributed by atoms with Crippen LogP contribution in [0.3, 0.4) is 0 Å². The van der Waals surface area contributed by atoms with Gasteiger partial charge in [-0.3, -0.25) is 0 Å². The molecule has 6 aromatic rings. The SMILES string of the molecule is CC1(C)OB(c2cc(-c3ccccc3)cc(-c3ccc4ccc5cccc6ccc3c4c56)c2)OC1(C)C. The van der Waals surface area contributed by atoms with Gasteiger partial charge in [-0.25, -0.2) is 0 Å². The Labute approximate surface area is 218 Å². The highest BCUT2D eigenvalue weighted by atomic mass is 16.7. The minimum atomic E-state index is -0.424. The summed E-state index contributed by atoms with van der Waals surface area (Å²) in [6, 6.07) is 37.4. The fraction of sp³-hybridized carbons (Fsp3) is 0.176. The van der Waals surface area contributed by atoms with Crippen LogP contribution in [0.1, 0.15) is 27.7 Å². The third-order valence-electron chi connectivity index (χ3n) is 8.43. The van der Waals surface area contributed by atoms with Crippen molar-refractivity contribution >= 4 is 44.9 Å². The number of hydrogen-bond acceptors (Lipinski definition) is 2. The molecular weight excluding hydrogens is 451 g/mol. The van der Waals surface area contributed by atoms with Crippen molar-refractivity contribution in [3.63, 3.8) is 0 Å². The maximum Gasteiger partial charge on any atom is 0.494 e. The summed E-state index contributed by atoms with van der Waals surface area (Å²) in [5.41, 5.74) is 4.99. The van der Waals surface area contributed by atoms with Crippen LogP contribution in [0.2, 0.25) is 0 Å². The lowest BCUT2D eigenvalue weighted by Crippen LogP contribution is -2.41. The summed E-state index contributed by atoms with van der Waals surface area (Å²) < 4.78 is 13.0. The van der Waals surface area contributed by atoms with Gasteiger partial charge >= 0.3 is 7.12 Å². The fourth-order valence-electron chi connectivity index (χ4n) is 5.71. The molecule has 1 aliphatic rings. The molecule has 1 saturated heterocycles. The van der Waals surface area contributed by atoms with Crippen LogP contribution < -0.4 is 5.46 Å². The van der Waals surface area contributed by atoms with Gasteiger partial charge in [0, 0.05) is 0 Å². The second kappa shape index (κ2) is 7.92. The van der Waals surface area contributed by atoms with E-state index in [1.165, 1.54) is 49.0 Å². The Kier molecular flexibility index (Phi) is 4.82. The summed E-state index contributed by atoms with van der Waals surface area (Å²) in [4.78, 5) is 0. The lowest BCUT2D eigenvalue weighted by atomic mass is 9.76. The molecule has 0 atom stereocenters. The highest BCUT2D eigenvalue weighted by Crippen LogP contribution is 2.41. The van der Waals surface area contributed by atoms with E-state index in [0.29, 0.717) is 0 Å². The molecule has 0 amide bonds. The Balaban J connectivity index is 1.48. The molecule has 6 aromatic carbocycles. The predicted molar refractivity (Wildman–Crippen MR) is 157 cm³/mol. The Morgan fingerprint density at radius 1 is 0.514 bits per heavy atom. The fourth-order valence-corrected chi connectivity index (χ4v) is 5.71. The molecule has 37 heavy (non-hydrogen) atoms. The molecule has 0 unspecified atom stereocenters. The van der Waals surface area contributed by atoms with Crippen LogP contribution in [0.25, 0.3) is 54.6 Å². The summed E-state index contributed by atoms with van der Waals surface area (Å²) in [6.07, 6.45) is 0. The highest BCUT2D eigenvalue weighted by molar-refractivity contribution is 6.62. The van der Waals surface area contributed by atoms with Gasteiger partial charge in [0.15, 0.2) is 0 Å². The molecule has 0 aliphatic carbocycles. The first-order chi connectivity index (χ1) is 17.8. The first-order valence-corrected chi connectivity index (χ1v) is 13.0. The zero-order chi connectivity index (χ0) is 25.4. The molecule has 1 fully saturated rings. The maximum absolute atomic E-state index is 6.49. The number of benzene rings is 6. The zero-order valence-corrected chi connectivity index (χ0v) is 21.7. The van der Waals surface area contributed by atoms with E-state index in [9.17, 15) is 0 Å². The van der Waals surface area contributed by atoms with E-state index >= 15 is 0 Å². The van der Waals surface area contributed by atoms with Crippen LogP contribution in [0.4, 0.5) is 0 Å². The van der Waals surface area contributed by atoms with Crippen LogP contribution >= 0.6 is 0 Å². The average Bonchev–Trinajstić information content (AvgIpc) is 3.14. The van der Waals surface area contributed by atoms with Crippen molar-refractivity contribution in [3.05, 3.63) is 103 Å². The third-order valence-corrected chi connectivity index (χ3v) is 8.43. The maximum atomic E-state index is 6.49. The van der Waals surface area contributed by atoms with Crippen molar-refractivity contribution in [3.8, 4) is 22.3 Å². The predicted octanol–water partition coefficient (Wildman–Crippen LogP) is 8.22. The first-order valence-electron chi connectivity index (χ1n) is 13.0. The molecule has 0 aromatic heterocycles. The van der Waals surface area contributed by atoms with Gasteiger partial charge in [-0.2, -0.15) is 0 Å². The van der Waals surface area contributed by atoms with E-state index in [1.54, 1.807) is 0 Å². The largest absolute Gasteiger partial charge is 0.494 e. The lowest BCUT2D eigenvalue weighted by molar-refractivity contribution is 0.00578. The Hall–Kier alpha value is -3.66. The van der Waals surface area contributed by atoms with Gasteiger partial charge in [-0.1, -0.05) is 97.1 Å². The molecule has 3 heteroatoms. The Bertz CT molecular complexity index is 1750. The normalized spacial score (nSPS) is 16.8. The number of hydrogen-bond donors (Lipinski definition) is 0. The summed E-state index contributed by atoms with van der Waals surface area (Å²) in [5.74, 6) is 0. The molecule has 1 heterocycles. The van der Waals surface area contributed by atoms with Crippen molar-refractivity contribution < 1.29 is 9.31 Å². The van der Waals surface area contributed by atoms with E-state index < -0.39 is 18.3 Å². The minimum Gasteiger partial charge on any atom is -0.399 e. The molecule has 2 nitrogen and oxygen atoms in total. The summed E-state index contributed by atoms with van der Waals surface area (Å²) in [7, 11) is -0.424. The molecular formula is C34H29BO2. The van der Waals surface area contributed by atoms with Crippen LogP contribution in [0, 0.1) is 0 Å². The van der Waals surface area contributed by atoms with Crippen LogP contribution in [-0.2, 0) is 9.31 Å². The first kappa shape index (κ1) is 22.5. The highest BCUT2D eigenvalue weighted by Gasteiger charge is 2.51. The van der Waals surface area contributed by atoms with E-state index in [1.807, 2.05) is 0 Å². The van der Waals surface area contributed by atoms with Gasteiger partial charge in [0.2, 0.25) is 0 Å². The van der Waals surface area contributed by atoms with E-state index in [-0.39, 0.29) is 0 Å². The summed E-state index contributed by atoms with van der Waals surface area (Å²) in [5, 5.41) is 7.77. The van der Waals surface area contributed by atoms with Gasteiger partial charge in [0.05, 0.1) is 11.2 Å². The summed E-state index contributed by atoms with van der Waals surface area (Å²) >= 11 is 0. The van der Waals surface area contributed by atoms with Crippen molar-refractivity contribution in [2.75, 3.05) is 0 Å². The molecule has 0 saturated carbocycles. The summed E-state index contributed by atoms with van der Waals surface area (Å²) in [6.45, 7) is 8.43. The van der Waals surface area contributed by atoms with Gasteiger partial charge in [0.25, 0.3) is 0 Å². The van der Waals surface area contributed by atoms with Gasteiger partial charge in [-0.15, -0.1) is 0 Å². The van der Waals surface area contributed by atoms with Crippen LogP contribution in [0.15, 0.2) is 103 Å². The van der Waals surface area contributed by atoms with Gasteiger partial charge < -0.3 is 9.31 Å². The standard InChI is InChI=1S/C34H29BO2/c1-33(2)34(3,4)37-35(36-33)28-20-26(22-9-6-5-7-10-22)19-27(21-28)29-17-15-25-14-13-23-11-8-12-24-16-18-30(29)32(25)31(23)24/h5-21H,1-4H3. The molecule has 0 spiro atoms. The van der Waals surface area contributed by atoms with Crippen molar-refractivity contribution in [2.24, 2.45) is 0 Å². The van der Waals surface area contributed by atoms with E-state index in [0.717, 1.165) is 11.0 Å². The Morgan fingerprint density at radius 2 is 1.11 bits per heavy atom. The van der Waals surface area contributed by atoms with Gasteiger partial charge in [0.1, 0.15) is 0 Å². The molecule has 0 radical (unpaired) electrons. The minimum absolute atomic E-state index is 0.395. The van der Waals surface area contributed by atoms with Crippen LogP contribution in [-0.4, -0.2) is 18.3 Å². The monoisotopic (exact) mass is 480 g/mol. The van der Waals surface area contributed by atoms with E-state index in [4.69, 9.17) is 9.31 Å². The zero-order valence-electron chi connectivity index (χ0n) is 21.7. The molecule has 0 bridgehead atoms. The molecule has 7 rings (SSSR count). The average molecular weight is 480 g/mol. The van der Waals surface area contributed by atoms with Gasteiger partial charge in [-0.05, 0) is 93.8 Å². The van der Waals surface area contributed by atoms with E-state index in [2.05, 4.69) is 131 Å². The van der Waals surface area contributed by atoms with Crippen molar-refractivity contribution in [1.82, 2.24) is 0 Å². The lowest BCUT2D eigenvalue weighted by Gasteiger charge is -2.32. The topological polar surface area (TPSA) is 18.5 Å². The smallest absolute Gasteiger partial charge is 0.399 e. The quantitative estimate of drug-likeness (QED) is 0.188. The number of rotatable bonds is 3. The Morgan fingerprint density at radius 3 is 1.81 bits per heavy atom. The van der Waals surface area contributed by atoms with Crippen molar-refractivity contribution in [1.29, 1.82) is 0 Å². The second-order valence-electron chi connectivity index (χ2n) is 11.3. The molecule has 180 valence electrons. The molecule has 0 N–H and O–H groups in total. The van der Waals surface area contributed by atoms with Crippen LogP contribution in [0.5, 0.6) is 0 Å².